The Bertz CT molecular complexity index is 712. The first-order chi connectivity index (χ1) is 9.63. The standard InChI is InChI=1S/C15H10ClNO3/c16-11-3-1-2-9(6-11)15(19)10-4-5-13-12(7-10)17-14(18)8-20-13/h1-7H,8H2,(H,17,18). The van der Waals surface area contributed by atoms with E-state index >= 15 is 0 Å². The van der Waals surface area contributed by atoms with Gasteiger partial charge < -0.3 is 10.1 Å². The first kappa shape index (κ1) is 12.7. The number of nitrogens with one attached hydrogen (secondary N) is 1. The van der Waals surface area contributed by atoms with Crippen molar-refractivity contribution in [1.82, 2.24) is 0 Å². The van der Waals surface area contributed by atoms with Crippen LogP contribution in [0.3, 0.4) is 0 Å². The maximum atomic E-state index is 12.4. The van der Waals surface area contributed by atoms with Gasteiger partial charge in [-0.2, -0.15) is 0 Å². The molecule has 0 saturated heterocycles. The molecule has 1 aliphatic rings. The zero-order chi connectivity index (χ0) is 14.1. The van der Waals surface area contributed by atoms with Crippen LogP contribution in [0.2, 0.25) is 5.02 Å². The van der Waals surface area contributed by atoms with Gasteiger partial charge in [-0.15, -0.1) is 0 Å². The topological polar surface area (TPSA) is 55.4 Å². The highest BCUT2D eigenvalue weighted by Gasteiger charge is 2.18. The van der Waals surface area contributed by atoms with Crippen LogP contribution >= 0.6 is 11.6 Å². The van der Waals surface area contributed by atoms with E-state index < -0.39 is 0 Å². The highest BCUT2D eigenvalue weighted by atomic mass is 35.5. The molecule has 2 aromatic carbocycles. The van der Waals surface area contributed by atoms with Gasteiger partial charge in [-0.3, -0.25) is 9.59 Å². The van der Waals surface area contributed by atoms with Crippen molar-refractivity contribution in [3.8, 4) is 5.75 Å². The molecule has 100 valence electrons. The molecule has 0 unspecified atom stereocenters. The first-order valence-corrected chi connectivity index (χ1v) is 6.38. The zero-order valence-electron chi connectivity index (χ0n) is 10.4. The number of hydrogen-bond acceptors (Lipinski definition) is 3. The van der Waals surface area contributed by atoms with Gasteiger partial charge >= 0.3 is 0 Å². The molecule has 4 nitrogen and oxygen atoms in total. The number of fused-ring (bicyclic) bond motifs is 1. The Labute approximate surface area is 120 Å². The molecule has 0 saturated carbocycles. The SMILES string of the molecule is O=C1COc2ccc(C(=O)c3cccc(Cl)c3)cc2N1. The number of rotatable bonds is 2. The van der Waals surface area contributed by atoms with E-state index in [9.17, 15) is 9.59 Å². The van der Waals surface area contributed by atoms with E-state index in [1.807, 2.05) is 0 Å². The van der Waals surface area contributed by atoms with Crippen LogP contribution in [-0.2, 0) is 4.79 Å². The first-order valence-electron chi connectivity index (χ1n) is 6.00. The van der Waals surface area contributed by atoms with Gasteiger partial charge in [0.2, 0.25) is 0 Å². The minimum atomic E-state index is -0.232. The number of carbonyl (C=O) groups is 2. The largest absolute Gasteiger partial charge is 0.482 e. The van der Waals surface area contributed by atoms with Crippen LogP contribution in [0.5, 0.6) is 5.75 Å². The number of ether oxygens (including phenoxy) is 1. The van der Waals surface area contributed by atoms with Gasteiger partial charge in [-0.25, -0.2) is 0 Å². The number of benzene rings is 2. The Hall–Kier alpha value is -2.33. The summed E-state index contributed by atoms with van der Waals surface area (Å²) in [5.74, 6) is 0.173. The van der Waals surface area contributed by atoms with Gasteiger partial charge in [0.25, 0.3) is 5.91 Å². The molecule has 1 N–H and O–H groups in total. The summed E-state index contributed by atoms with van der Waals surface area (Å²) in [5.41, 5.74) is 1.48. The van der Waals surface area contributed by atoms with Crippen LogP contribution in [0.15, 0.2) is 42.5 Å². The quantitative estimate of drug-likeness (QED) is 0.864. The minimum absolute atomic E-state index is 0.00537. The van der Waals surface area contributed by atoms with Crippen molar-refractivity contribution >= 4 is 29.0 Å². The second-order valence-electron chi connectivity index (χ2n) is 4.39. The van der Waals surface area contributed by atoms with Crippen molar-refractivity contribution in [3.63, 3.8) is 0 Å². The summed E-state index contributed by atoms with van der Waals surface area (Å²) >= 11 is 5.88. The lowest BCUT2D eigenvalue weighted by Gasteiger charge is -2.18. The summed E-state index contributed by atoms with van der Waals surface area (Å²) in [7, 11) is 0. The molecular weight excluding hydrogens is 278 g/mol. The lowest BCUT2D eigenvalue weighted by molar-refractivity contribution is -0.118. The van der Waals surface area contributed by atoms with Crippen LogP contribution in [0.4, 0.5) is 5.69 Å². The lowest BCUT2D eigenvalue weighted by atomic mass is 10.0. The molecule has 1 aliphatic heterocycles. The Kier molecular flexibility index (Phi) is 3.16. The van der Waals surface area contributed by atoms with E-state index in [1.165, 1.54) is 0 Å². The molecule has 0 bridgehead atoms. The molecule has 0 fully saturated rings. The normalized spacial score (nSPS) is 13.2. The maximum absolute atomic E-state index is 12.4. The van der Waals surface area contributed by atoms with Gasteiger partial charge in [-0.05, 0) is 30.3 Å². The third-order valence-corrected chi connectivity index (χ3v) is 3.20. The molecule has 5 heteroatoms. The molecule has 0 radical (unpaired) electrons. The smallest absolute Gasteiger partial charge is 0.262 e. The third kappa shape index (κ3) is 2.38. The Balaban J connectivity index is 1.97. The van der Waals surface area contributed by atoms with Crippen molar-refractivity contribution in [1.29, 1.82) is 0 Å². The Morgan fingerprint density at radius 1 is 1.15 bits per heavy atom. The fraction of sp³-hybridized carbons (Fsp3) is 0.0667. The van der Waals surface area contributed by atoms with Crippen molar-refractivity contribution in [2.45, 2.75) is 0 Å². The van der Waals surface area contributed by atoms with Crippen LogP contribution in [0, 0.1) is 0 Å². The highest BCUT2D eigenvalue weighted by molar-refractivity contribution is 6.31. The predicted octanol–water partition coefficient (Wildman–Crippen LogP) is 2.90. The highest BCUT2D eigenvalue weighted by Crippen LogP contribution is 2.29. The van der Waals surface area contributed by atoms with Crippen molar-refractivity contribution in [2.24, 2.45) is 0 Å². The fourth-order valence-electron chi connectivity index (χ4n) is 2.02. The number of amides is 1. The fourth-order valence-corrected chi connectivity index (χ4v) is 2.21. The number of carbonyl (C=O) groups excluding carboxylic acids is 2. The summed E-state index contributed by atoms with van der Waals surface area (Å²) in [4.78, 5) is 23.6. The average Bonchev–Trinajstić information content (AvgIpc) is 2.45. The predicted molar refractivity (Wildman–Crippen MR) is 75.5 cm³/mol. The number of anilines is 1. The lowest BCUT2D eigenvalue weighted by Crippen LogP contribution is -2.25. The van der Waals surface area contributed by atoms with Gasteiger partial charge in [0.1, 0.15) is 5.75 Å². The molecule has 0 aromatic heterocycles. The number of hydrogen-bond donors (Lipinski definition) is 1. The van der Waals surface area contributed by atoms with Crippen LogP contribution in [0.1, 0.15) is 15.9 Å². The van der Waals surface area contributed by atoms with Crippen molar-refractivity contribution in [3.05, 3.63) is 58.6 Å². The minimum Gasteiger partial charge on any atom is -0.482 e. The molecule has 3 rings (SSSR count). The van der Waals surface area contributed by atoms with E-state index in [0.717, 1.165) is 0 Å². The van der Waals surface area contributed by atoms with Gasteiger partial charge in [-0.1, -0.05) is 23.7 Å². The molecule has 20 heavy (non-hydrogen) atoms. The van der Waals surface area contributed by atoms with Gasteiger partial charge in [0, 0.05) is 16.1 Å². The van der Waals surface area contributed by atoms with Crippen molar-refractivity contribution < 1.29 is 14.3 Å². The summed E-state index contributed by atoms with van der Waals surface area (Å²) < 4.78 is 5.25. The van der Waals surface area contributed by atoms with Crippen molar-refractivity contribution in [2.75, 3.05) is 11.9 Å². The van der Waals surface area contributed by atoms with E-state index in [4.69, 9.17) is 16.3 Å². The second-order valence-corrected chi connectivity index (χ2v) is 4.82. The number of ketones is 1. The average molecular weight is 288 g/mol. The van der Waals surface area contributed by atoms with Crippen LogP contribution in [-0.4, -0.2) is 18.3 Å². The molecule has 0 atom stereocenters. The summed E-state index contributed by atoms with van der Waals surface area (Å²) in [5, 5.41) is 3.18. The van der Waals surface area contributed by atoms with Gasteiger partial charge in [0.05, 0.1) is 5.69 Å². The maximum Gasteiger partial charge on any atom is 0.262 e. The molecule has 0 spiro atoms. The Morgan fingerprint density at radius 2 is 1.95 bits per heavy atom. The van der Waals surface area contributed by atoms with E-state index in [0.29, 0.717) is 27.6 Å². The Morgan fingerprint density at radius 3 is 2.75 bits per heavy atom. The van der Waals surface area contributed by atoms with Crippen LogP contribution < -0.4 is 10.1 Å². The van der Waals surface area contributed by atoms with Crippen LogP contribution in [0.25, 0.3) is 0 Å². The zero-order valence-corrected chi connectivity index (χ0v) is 11.1. The van der Waals surface area contributed by atoms with Gasteiger partial charge in [0.15, 0.2) is 12.4 Å². The number of halogens is 1. The van der Waals surface area contributed by atoms with E-state index in [2.05, 4.69) is 5.32 Å². The monoisotopic (exact) mass is 287 g/mol. The van der Waals surface area contributed by atoms with E-state index in [1.54, 1.807) is 42.5 Å². The molecule has 1 heterocycles. The molecule has 0 aliphatic carbocycles. The summed E-state index contributed by atoms with van der Waals surface area (Å²) in [6, 6.07) is 11.7. The summed E-state index contributed by atoms with van der Waals surface area (Å²) in [6.07, 6.45) is 0. The molecular formula is C15H10ClNO3. The molecule has 1 amide bonds. The summed E-state index contributed by atoms with van der Waals surface area (Å²) in [6.45, 7) is -0.00537. The third-order valence-electron chi connectivity index (χ3n) is 2.96. The van der Waals surface area contributed by atoms with E-state index in [-0.39, 0.29) is 18.3 Å². The molecule has 2 aromatic rings. The second kappa shape index (κ2) is 4.98.